The molecule has 1 heterocycles. The summed E-state index contributed by atoms with van der Waals surface area (Å²) in [5.74, 6) is -3.96. The van der Waals surface area contributed by atoms with Gasteiger partial charge < -0.3 is 4.74 Å². The van der Waals surface area contributed by atoms with E-state index in [1.54, 1.807) is 23.1 Å². The van der Waals surface area contributed by atoms with Crippen molar-refractivity contribution in [1.29, 1.82) is 0 Å². The van der Waals surface area contributed by atoms with E-state index in [-0.39, 0.29) is 12.6 Å². The average Bonchev–Trinajstić information content (AvgIpc) is 2.48. The summed E-state index contributed by atoms with van der Waals surface area (Å²) in [4.78, 5) is 1.69. The third-order valence-corrected chi connectivity index (χ3v) is 4.29. The van der Waals surface area contributed by atoms with Crippen LogP contribution < -0.4 is 0 Å². The van der Waals surface area contributed by atoms with Crippen molar-refractivity contribution in [3.05, 3.63) is 33.8 Å². The second-order valence-corrected chi connectivity index (χ2v) is 5.96. The number of hydrogen-bond donors (Lipinski definition) is 0. The van der Waals surface area contributed by atoms with Crippen LogP contribution in [0.1, 0.15) is 18.1 Å². The van der Waals surface area contributed by atoms with Gasteiger partial charge in [0.15, 0.2) is 0 Å². The number of hydrogen-bond acceptors (Lipinski definition) is 2. The SMILES string of the molecule is FC(F)C(F)(F)CCN1CCO[C@H](c2ccc(Cl)c(Cl)c2)C1. The molecule has 0 saturated carbocycles. The number of rotatable bonds is 5. The van der Waals surface area contributed by atoms with E-state index in [1.807, 2.05) is 0 Å². The van der Waals surface area contributed by atoms with Gasteiger partial charge in [-0.1, -0.05) is 29.3 Å². The van der Waals surface area contributed by atoms with Gasteiger partial charge in [0.25, 0.3) is 0 Å². The molecule has 0 bridgehead atoms. The summed E-state index contributed by atoms with van der Waals surface area (Å²) in [7, 11) is 0. The first-order valence-electron chi connectivity index (χ1n) is 6.74. The van der Waals surface area contributed by atoms with Gasteiger partial charge in [0, 0.05) is 26.1 Å². The van der Waals surface area contributed by atoms with Gasteiger partial charge >= 0.3 is 12.3 Å². The van der Waals surface area contributed by atoms with Crippen LogP contribution in [0.15, 0.2) is 18.2 Å². The van der Waals surface area contributed by atoms with Crippen molar-refractivity contribution in [2.45, 2.75) is 24.9 Å². The maximum absolute atomic E-state index is 13.0. The molecule has 0 aromatic heterocycles. The van der Waals surface area contributed by atoms with Crippen molar-refractivity contribution in [3.63, 3.8) is 0 Å². The zero-order chi connectivity index (χ0) is 16.3. The van der Waals surface area contributed by atoms with E-state index in [2.05, 4.69) is 0 Å². The zero-order valence-electron chi connectivity index (χ0n) is 11.5. The Hall–Kier alpha value is -0.560. The van der Waals surface area contributed by atoms with Crippen LogP contribution in [0.2, 0.25) is 10.0 Å². The lowest BCUT2D eigenvalue weighted by Crippen LogP contribution is -2.41. The topological polar surface area (TPSA) is 12.5 Å². The molecule has 0 N–H and O–H groups in total. The van der Waals surface area contributed by atoms with Crippen molar-refractivity contribution in [3.8, 4) is 0 Å². The molecular weight excluding hydrogens is 345 g/mol. The second kappa shape index (κ2) is 7.34. The lowest BCUT2D eigenvalue weighted by atomic mass is 10.1. The Labute approximate surface area is 135 Å². The van der Waals surface area contributed by atoms with Crippen LogP contribution in [0.25, 0.3) is 0 Å². The number of nitrogens with zero attached hydrogens (tertiary/aromatic N) is 1. The summed E-state index contributed by atoms with van der Waals surface area (Å²) in [6.07, 6.45) is -4.86. The molecule has 1 saturated heterocycles. The Kier molecular flexibility index (Phi) is 5.94. The third-order valence-electron chi connectivity index (χ3n) is 3.55. The fourth-order valence-corrected chi connectivity index (χ4v) is 2.54. The molecule has 1 aliphatic rings. The minimum Gasteiger partial charge on any atom is -0.371 e. The van der Waals surface area contributed by atoms with Gasteiger partial charge in [0.1, 0.15) is 0 Å². The maximum atomic E-state index is 13.0. The van der Waals surface area contributed by atoms with E-state index in [0.29, 0.717) is 29.7 Å². The summed E-state index contributed by atoms with van der Waals surface area (Å²) in [6.45, 7) is 0.998. The molecule has 2 rings (SSSR count). The summed E-state index contributed by atoms with van der Waals surface area (Å²) in [5.41, 5.74) is 0.778. The number of halogens is 6. The fraction of sp³-hybridized carbons (Fsp3) is 0.571. The first kappa shape index (κ1) is 17.8. The van der Waals surface area contributed by atoms with Gasteiger partial charge in [-0.3, -0.25) is 4.90 Å². The van der Waals surface area contributed by atoms with E-state index < -0.39 is 18.8 Å². The van der Waals surface area contributed by atoms with Crippen LogP contribution in [0.3, 0.4) is 0 Å². The highest BCUT2D eigenvalue weighted by molar-refractivity contribution is 6.42. The Morgan fingerprint density at radius 2 is 2.00 bits per heavy atom. The van der Waals surface area contributed by atoms with Crippen LogP contribution in [-0.4, -0.2) is 43.5 Å². The quantitative estimate of drug-likeness (QED) is 0.709. The maximum Gasteiger partial charge on any atom is 0.308 e. The Morgan fingerprint density at radius 1 is 1.27 bits per heavy atom. The Balaban J connectivity index is 1.95. The Morgan fingerprint density at radius 3 is 2.64 bits per heavy atom. The second-order valence-electron chi connectivity index (χ2n) is 5.15. The molecule has 124 valence electrons. The van der Waals surface area contributed by atoms with Gasteiger partial charge in [-0.15, -0.1) is 0 Å². The monoisotopic (exact) mass is 359 g/mol. The summed E-state index contributed by atoms with van der Waals surface area (Å²) in [5, 5.41) is 0.791. The van der Waals surface area contributed by atoms with Crippen molar-refractivity contribution in [1.82, 2.24) is 4.90 Å². The van der Waals surface area contributed by atoms with Gasteiger partial charge in [-0.2, -0.15) is 0 Å². The molecule has 0 spiro atoms. The van der Waals surface area contributed by atoms with Crippen molar-refractivity contribution in [2.75, 3.05) is 26.2 Å². The van der Waals surface area contributed by atoms with E-state index in [4.69, 9.17) is 27.9 Å². The van der Waals surface area contributed by atoms with Gasteiger partial charge in [0.05, 0.1) is 22.8 Å². The number of alkyl halides is 4. The molecule has 0 unspecified atom stereocenters. The molecule has 2 nitrogen and oxygen atoms in total. The minimum absolute atomic E-state index is 0.113. The largest absolute Gasteiger partial charge is 0.371 e. The van der Waals surface area contributed by atoms with E-state index in [9.17, 15) is 17.6 Å². The van der Waals surface area contributed by atoms with Crippen LogP contribution in [0, 0.1) is 0 Å². The van der Waals surface area contributed by atoms with Crippen molar-refractivity contribution >= 4 is 23.2 Å². The van der Waals surface area contributed by atoms with Crippen LogP contribution >= 0.6 is 23.2 Å². The van der Waals surface area contributed by atoms with Crippen LogP contribution in [0.4, 0.5) is 17.6 Å². The third kappa shape index (κ3) is 4.47. The highest BCUT2D eigenvalue weighted by atomic mass is 35.5. The molecule has 0 radical (unpaired) electrons. The average molecular weight is 360 g/mol. The predicted molar refractivity (Wildman–Crippen MR) is 77.2 cm³/mol. The highest BCUT2D eigenvalue weighted by Crippen LogP contribution is 2.30. The van der Waals surface area contributed by atoms with Crippen LogP contribution in [-0.2, 0) is 4.74 Å². The Bertz CT molecular complexity index is 516. The molecule has 1 aromatic carbocycles. The molecule has 8 heteroatoms. The summed E-state index contributed by atoms with van der Waals surface area (Å²) < 4.78 is 55.9. The smallest absolute Gasteiger partial charge is 0.308 e. The predicted octanol–water partition coefficient (Wildman–Crippen LogP) is 4.66. The van der Waals surface area contributed by atoms with Gasteiger partial charge in [-0.25, -0.2) is 17.6 Å². The lowest BCUT2D eigenvalue weighted by molar-refractivity contribution is -0.139. The molecule has 1 aromatic rings. The van der Waals surface area contributed by atoms with Crippen molar-refractivity contribution < 1.29 is 22.3 Å². The first-order chi connectivity index (χ1) is 10.3. The summed E-state index contributed by atoms with van der Waals surface area (Å²) >= 11 is 11.8. The molecule has 22 heavy (non-hydrogen) atoms. The van der Waals surface area contributed by atoms with E-state index in [1.165, 1.54) is 0 Å². The zero-order valence-corrected chi connectivity index (χ0v) is 13.1. The summed E-state index contributed by atoms with van der Waals surface area (Å²) in [6, 6.07) is 5.04. The molecular formula is C14H15Cl2F4NO. The number of morpholine rings is 1. The van der Waals surface area contributed by atoms with E-state index >= 15 is 0 Å². The fourth-order valence-electron chi connectivity index (χ4n) is 2.24. The van der Waals surface area contributed by atoms with Gasteiger partial charge in [-0.05, 0) is 17.7 Å². The minimum atomic E-state index is -3.96. The standard InChI is InChI=1S/C14H15Cl2F4NO/c15-10-2-1-9(7-11(10)16)12-8-21(5-6-22-12)4-3-14(19,20)13(17)18/h1-2,7,12-13H,3-6,8H2/t12-/m0/s1. The first-order valence-corrected chi connectivity index (χ1v) is 7.50. The molecule has 1 aliphatic heterocycles. The molecule has 1 fully saturated rings. The highest BCUT2D eigenvalue weighted by Gasteiger charge is 2.40. The molecule has 1 atom stereocenters. The van der Waals surface area contributed by atoms with Crippen LogP contribution in [0.5, 0.6) is 0 Å². The normalized spacial score (nSPS) is 20.6. The van der Waals surface area contributed by atoms with Gasteiger partial charge in [0.2, 0.25) is 0 Å². The number of ether oxygens (including phenoxy) is 1. The van der Waals surface area contributed by atoms with E-state index in [0.717, 1.165) is 5.56 Å². The molecule has 0 amide bonds. The lowest BCUT2D eigenvalue weighted by Gasteiger charge is -2.34. The van der Waals surface area contributed by atoms with Crippen molar-refractivity contribution in [2.24, 2.45) is 0 Å². The number of benzene rings is 1. The molecule has 0 aliphatic carbocycles.